The van der Waals surface area contributed by atoms with E-state index in [9.17, 15) is 8.42 Å². The van der Waals surface area contributed by atoms with Crippen LogP contribution >= 0.6 is 0 Å². The number of hydrogen-bond donors (Lipinski definition) is 0. The van der Waals surface area contributed by atoms with Gasteiger partial charge in [-0.1, -0.05) is 0 Å². The molecule has 0 saturated carbocycles. The minimum absolute atomic E-state index is 0.245. The maximum Gasteiger partial charge on any atom is 0.246 e. The third kappa shape index (κ3) is 1.76. The van der Waals surface area contributed by atoms with Gasteiger partial charge in [0.1, 0.15) is 16.4 Å². The van der Waals surface area contributed by atoms with Crippen molar-refractivity contribution in [1.29, 1.82) is 0 Å². The van der Waals surface area contributed by atoms with Crippen LogP contribution in [0.1, 0.15) is 11.5 Å². The average Bonchev–Trinajstić information content (AvgIpc) is 2.30. The second-order valence-corrected chi connectivity index (χ2v) is 5.19. The molecule has 0 spiro atoms. The molecule has 13 heavy (non-hydrogen) atoms. The zero-order chi connectivity index (χ0) is 10.2. The Kier molecular flexibility index (Phi) is 2.49. The van der Waals surface area contributed by atoms with E-state index in [-0.39, 0.29) is 4.90 Å². The molecule has 0 atom stereocenters. The van der Waals surface area contributed by atoms with Crippen LogP contribution in [0.4, 0.5) is 0 Å². The van der Waals surface area contributed by atoms with Crippen LogP contribution < -0.4 is 0 Å². The summed E-state index contributed by atoms with van der Waals surface area (Å²) in [5.41, 5.74) is 0. The standard InChI is InChI=1S/C8H13NO3S/c1-6-5-8(7(2)12-6)13(10,11)9(3)4/h5H,1-4H3. The maximum absolute atomic E-state index is 11.6. The summed E-state index contributed by atoms with van der Waals surface area (Å²) in [6, 6.07) is 1.53. The van der Waals surface area contributed by atoms with Gasteiger partial charge < -0.3 is 4.42 Å². The van der Waals surface area contributed by atoms with Crippen LogP contribution in [0.3, 0.4) is 0 Å². The fraction of sp³-hybridized carbons (Fsp3) is 0.500. The van der Waals surface area contributed by atoms with Crippen molar-refractivity contribution in [2.45, 2.75) is 18.7 Å². The highest BCUT2D eigenvalue weighted by Crippen LogP contribution is 2.21. The minimum Gasteiger partial charge on any atom is -0.465 e. The molecular weight excluding hydrogens is 190 g/mol. The number of aryl methyl sites for hydroxylation is 2. The van der Waals surface area contributed by atoms with Gasteiger partial charge in [-0.3, -0.25) is 0 Å². The predicted molar refractivity (Wildman–Crippen MR) is 49.1 cm³/mol. The third-order valence-electron chi connectivity index (χ3n) is 1.75. The first kappa shape index (κ1) is 10.3. The van der Waals surface area contributed by atoms with Crippen LogP contribution in [0.2, 0.25) is 0 Å². The van der Waals surface area contributed by atoms with E-state index in [1.165, 1.54) is 24.5 Å². The largest absolute Gasteiger partial charge is 0.465 e. The number of sulfonamides is 1. The lowest BCUT2D eigenvalue weighted by Gasteiger charge is -2.09. The number of hydrogen-bond acceptors (Lipinski definition) is 3. The first-order valence-corrected chi connectivity index (χ1v) is 5.29. The Hall–Kier alpha value is -0.810. The van der Waals surface area contributed by atoms with E-state index in [2.05, 4.69) is 0 Å². The van der Waals surface area contributed by atoms with Crippen LogP contribution in [0, 0.1) is 13.8 Å². The summed E-state index contributed by atoms with van der Waals surface area (Å²) in [5.74, 6) is 1.05. The van der Waals surface area contributed by atoms with Crippen molar-refractivity contribution >= 4 is 10.0 Å². The average molecular weight is 203 g/mol. The molecule has 0 bridgehead atoms. The highest BCUT2D eigenvalue weighted by atomic mass is 32.2. The quantitative estimate of drug-likeness (QED) is 0.724. The molecule has 0 radical (unpaired) electrons. The second kappa shape index (κ2) is 3.16. The van der Waals surface area contributed by atoms with E-state index in [0.717, 1.165) is 0 Å². The molecule has 0 aliphatic carbocycles. The molecule has 5 heteroatoms. The summed E-state index contributed by atoms with van der Waals surface area (Å²) in [5, 5.41) is 0. The Morgan fingerprint density at radius 3 is 2.15 bits per heavy atom. The fourth-order valence-electron chi connectivity index (χ4n) is 1.06. The van der Waals surface area contributed by atoms with Crippen LogP contribution in [0.15, 0.2) is 15.4 Å². The van der Waals surface area contributed by atoms with Gasteiger partial charge in [-0.15, -0.1) is 0 Å². The Balaban J connectivity index is 3.31. The molecule has 0 saturated heterocycles. The minimum atomic E-state index is -3.35. The molecular formula is C8H13NO3S. The van der Waals surface area contributed by atoms with Crippen LogP contribution in [0.5, 0.6) is 0 Å². The summed E-state index contributed by atoms with van der Waals surface area (Å²) in [6.07, 6.45) is 0. The van der Waals surface area contributed by atoms with Gasteiger partial charge in [0.25, 0.3) is 0 Å². The molecule has 0 N–H and O–H groups in total. The molecule has 1 rings (SSSR count). The number of furan rings is 1. The van der Waals surface area contributed by atoms with E-state index >= 15 is 0 Å². The maximum atomic E-state index is 11.6. The Labute approximate surface area is 78.2 Å². The van der Waals surface area contributed by atoms with E-state index in [1.807, 2.05) is 0 Å². The molecule has 0 amide bonds. The lowest BCUT2D eigenvalue weighted by atomic mass is 10.4. The Bertz CT molecular complexity index is 403. The molecule has 74 valence electrons. The van der Waals surface area contributed by atoms with Crippen LogP contribution in [0.25, 0.3) is 0 Å². The van der Waals surface area contributed by atoms with Gasteiger partial charge in [0.05, 0.1) is 0 Å². The lowest BCUT2D eigenvalue weighted by molar-refractivity contribution is 0.488. The van der Waals surface area contributed by atoms with Crippen molar-refractivity contribution in [3.63, 3.8) is 0 Å². The van der Waals surface area contributed by atoms with Crippen LogP contribution in [-0.2, 0) is 10.0 Å². The van der Waals surface area contributed by atoms with Gasteiger partial charge in [0.15, 0.2) is 0 Å². The first-order valence-electron chi connectivity index (χ1n) is 3.85. The van der Waals surface area contributed by atoms with Crippen molar-refractivity contribution < 1.29 is 12.8 Å². The van der Waals surface area contributed by atoms with E-state index in [4.69, 9.17) is 4.42 Å². The molecule has 0 aromatic carbocycles. The molecule has 0 unspecified atom stereocenters. The van der Waals surface area contributed by atoms with E-state index < -0.39 is 10.0 Å². The SMILES string of the molecule is Cc1cc(S(=O)(=O)N(C)C)c(C)o1. The van der Waals surface area contributed by atoms with Crippen molar-refractivity contribution in [3.05, 3.63) is 17.6 Å². The summed E-state index contributed by atoms with van der Waals surface area (Å²) < 4.78 is 29.6. The summed E-state index contributed by atoms with van der Waals surface area (Å²) >= 11 is 0. The molecule has 1 aromatic heterocycles. The lowest BCUT2D eigenvalue weighted by Crippen LogP contribution is -2.22. The monoisotopic (exact) mass is 203 g/mol. The van der Waals surface area contributed by atoms with Crippen molar-refractivity contribution in [3.8, 4) is 0 Å². The van der Waals surface area contributed by atoms with Crippen LogP contribution in [-0.4, -0.2) is 26.8 Å². The van der Waals surface area contributed by atoms with Crippen molar-refractivity contribution in [2.75, 3.05) is 14.1 Å². The highest BCUT2D eigenvalue weighted by Gasteiger charge is 2.22. The van der Waals surface area contributed by atoms with E-state index in [0.29, 0.717) is 11.5 Å². The second-order valence-electron chi connectivity index (χ2n) is 3.06. The fourth-order valence-corrected chi connectivity index (χ4v) is 2.17. The highest BCUT2D eigenvalue weighted by molar-refractivity contribution is 7.89. The summed E-state index contributed by atoms with van der Waals surface area (Å²) in [4.78, 5) is 0.245. The van der Waals surface area contributed by atoms with Crippen molar-refractivity contribution in [1.82, 2.24) is 4.31 Å². The molecule has 4 nitrogen and oxygen atoms in total. The molecule has 0 aliphatic rings. The Morgan fingerprint density at radius 1 is 1.31 bits per heavy atom. The van der Waals surface area contributed by atoms with Gasteiger partial charge >= 0.3 is 0 Å². The summed E-state index contributed by atoms with van der Waals surface area (Å²) in [7, 11) is -0.353. The normalized spacial score (nSPS) is 12.4. The molecule has 1 aromatic rings. The topological polar surface area (TPSA) is 50.5 Å². The van der Waals surface area contributed by atoms with Crippen molar-refractivity contribution in [2.24, 2.45) is 0 Å². The number of rotatable bonds is 2. The smallest absolute Gasteiger partial charge is 0.246 e. The van der Waals surface area contributed by atoms with Gasteiger partial charge in [-0.25, -0.2) is 12.7 Å². The molecule has 0 aliphatic heterocycles. The third-order valence-corrected chi connectivity index (χ3v) is 3.68. The zero-order valence-corrected chi connectivity index (χ0v) is 8.97. The number of nitrogens with zero attached hydrogens (tertiary/aromatic N) is 1. The van der Waals surface area contributed by atoms with Gasteiger partial charge in [0.2, 0.25) is 10.0 Å². The van der Waals surface area contributed by atoms with E-state index in [1.54, 1.807) is 13.8 Å². The zero-order valence-electron chi connectivity index (χ0n) is 8.16. The van der Waals surface area contributed by atoms with Gasteiger partial charge in [-0.05, 0) is 19.9 Å². The molecule has 0 fully saturated rings. The van der Waals surface area contributed by atoms with Gasteiger partial charge in [0, 0.05) is 14.1 Å². The van der Waals surface area contributed by atoms with Gasteiger partial charge in [-0.2, -0.15) is 0 Å². The first-order chi connectivity index (χ1) is 5.85. The predicted octanol–water partition coefficient (Wildman–Crippen LogP) is 1.15. The Morgan fingerprint density at radius 2 is 1.85 bits per heavy atom. The summed E-state index contributed by atoms with van der Waals surface area (Å²) in [6.45, 7) is 3.37. The molecule has 1 heterocycles.